The van der Waals surface area contributed by atoms with E-state index in [0.29, 0.717) is 0 Å². The number of rotatable bonds is 5. The third kappa shape index (κ3) is 6.92. The first-order valence-electron chi connectivity index (χ1n) is 21.2. The zero-order valence-electron chi connectivity index (χ0n) is 36.8. The van der Waals surface area contributed by atoms with Gasteiger partial charge in [-0.15, -0.1) is 53.1 Å². The van der Waals surface area contributed by atoms with Crippen molar-refractivity contribution in [1.29, 1.82) is 0 Å². The van der Waals surface area contributed by atoms with Crippen LogP contribution in [0, 0.1) is 12.1 Å². The molecule has 0 aliphatic carbocycles. The monoisotopic (exact) mass is 989 g/mol. The molecule has 0 saturated carbocycles. The summed E-state index contributed by atoms with van der Waals surface area (Å²) in [6.07, 6.45) is 0. The van der Waals surface area contributed by atoms with E-state index in [1.54, 1.807) is 0 Å². The molecule has 5 nitrogen and oxygen atoms in total. The fraction of sp³-hybridized carbons (Fsp3) is 0.214. The minimum Gasteiger partial charge on any atom is -0.518 e. The number of ether oxygens (including phenoxy) is 1. The van der Waals surface area contributed by atoms with Gasteiger partial charge in [-0.2, -0.15) is 0 Å². The zero-order valence-corrected chi connectivity index (χ0v) is 39.1. The first-order valence-corrected chi connectivity index (χ1v) is 21.2. The molecule has 0 atom stereocenters. The summed E-state index contributed by atoms with van der Waals surface area (Å²) in [5.74, 6) is 2.41. The second-order valence-electron chi connectivity index (χ2n) is 19.0. The second-order valence-corrected chi connectivity index (χ2v) is 19.0. The summed E-state index contributed by atoms with van der Waals surface area (Å²) in [7, 11) is 2.08. The number of aromatic nitrogens is 4. The van der Waals surface area contributed by atoms with Gasteiger partial charge >= 0.3 is 21.1 Å². The van der Waals surface area contributed by atoms with Gasteiger partial charge in [0.05, 0.1) is 39.5 Å². The zero-order chi connectivity index (χ0) is 42.4. The summed E-state index contributed by atoms with van der Waals surface area (Å²) in [5.41, 5.74) is 16.0. The predicted molar refractivity (Wildman–Crippen MR) is 251 cm³/mol. The molecule has 6 heteroatoms. The van der Waals surface area contributed by atoms with Crippen molar-refractivity contribution in [2.75, 3.05) is 0 Å². The van der Waals surface area contributed by atoms with Crippen molar-refractivity contribution in [3.8, 4) is 67.6 Å². The molecule has 0 N–H and O–H groups in total. The van der Waals surface area contributed by atoms with Crippen LogP contribution in [0.15, 0.2) is 140 Å². The van der Waals surface area contributed by atoms with E-state index in [9.17, 15) is 0 Å². The van der Waals surface area contributed by atoms with Gasteiger partial charge in [-0.1, -0.05) is 132 Å². The van der Waals surface area contributed by atoms with Crippen molar-refractivity contribution in [3.05, 3.63) is 168 Å². The number of aryl methyl sites for hydroxylation is 1. The average molecular weight is 990 g/mol. The molecule has 62 heavy (non-hydrogen) atoms. The maximum absolute atomic E-state index is 7.02. The van der Waals surface area contributed by atoms with Crippen LogP contribution in [0.25, 0.3) is 83.9 Å². The van der Waals surface area contributed by atoms with Crippen LogP contribution in [0.5, 0.6) is 5.75 Å². The van der Waals surface area contributed by atoms with Gasteiger partial charge in [-0.3, -0.25) is 9.97 Å². The van der Waals surface area contributed by atoms with Crippen LogP contribution >= 0.6 is 0 Å². The van der Waals surface area contributed by atoms with Gasteiger partial charge in [0, 0.05) is 23.9 Å². The Bertz CT molecular complexity index is 3180. The van der Waals surface area contributed by atoms with Crippen LogP contribution in [-0.2, 0) is 44.5 Å². The number of fused-ring (bicyclic) bond motifs is 5. The molecule has 1 aliphatic rings. The second kappa shape index (κ2) is 15.1. The topological polar surface area (TPSA) is 44.9 Å². The number of nitrogens with zero attached hydrogens (tertiary/aromatic N) is 4. The predicted octanol–water partition coefficient (Wildman–Crippen LogP) is 14.1. The summed E-state index contributed by atoms with van der Waals surface area (Å²) in [6, 6.07) is 57.2. The van der Waals surface area contributed by atoms with Crippen LogP contribution in [0.1, 0.15) is 72.1 Å². The molecule has 0 unspecified atom stereocenters. The normalized spacial score (nSPS) is 13.4. The smallest absolute Gasteiger partial charge is 0.518 e. The van der Waals surface area contributed by atoms with Gasteiger partial charge in [0.15, 0.2) is 0 Å². The van der Waals surface area contributed by atoms with E-state index in [2.05, 4.69) is 211 Å². The Morgan fingerprint density at radius 1 is 0.597 bits per heavy atom. The van der Waals surface area contributed by atoms with Crippen LogP contribution in [0.3, 0.4) is 0 Å². The summed E-state index contributed by atoms with van der Waals surface area (Å²) in [4.78, 5) is 10.9. The van der Waals surface area contributed by atoms with Crippen molar-refractivity contribution in [1.82, 2.24) is 19.1 Å². The van der Waals surface area contributed by atoms with E-state index >= 15 is 0 Å². The van der Waals surface area contributed by atoms with Gasteiger partial charge < -0.3 is 13.9 Å². The van der Waals surface area contributed by atoms with Crippen molar-refractivity contribution in [2.45, 2.75) is 71.8 Å². The van der Waals surface area contributed by atoms with Gasteiger partial charge in [-0.25, -0.2) is 0 Å². The fourth-order valence-corrected chi connectivity index (χ4v) is 8.95. The Kier molecular flexibility index (Phi) is 10.1. The molecule has 7 aromatic carbocycles. The van der Waals surface area contributed by atoms with E-state index < -0.39 is 5.60 Å². The average Bonchev–Trinajstić information content (AvgIpc) is 3.81. The molecule has 10 rings (SSSR count). The third-order valence-electron chi connectivity index (χ3n) is 12.3. The SMILES string of the molecule is Cn1c(-c2[c-]c(-c3cccc4c3nc(-c3[c-]ccc(C(C)(C)C)c3)n4-c3ccc(C(C)(C)C)cc3-c3ccccc3)cc3c2OC(C)(C)c2ccccc2-3)nc2ccccc21.[Pt+2]. The van der Waals surface area contributed by atoms with E-state index in [0.717, 1.165) is 95.2 Å². The first-order chi connectivity index (χ1) is 29.2. The standard InChI is InChI=1S/C56H50N4O.Pt/c1-54(2,3)38-22-17-21-36(31-38)52-58-50-40(24-18-28-49(50)60(52)47-30-29-39(55(4,5)6)34-42(47)35-19-11-10-12-20-35)37-32-43-41-23-13-14-25-45(41)56(7,8)61-51(43)44(33-37)53-57-46-26-15-16-27-48(46)59(53)9;/h10-20,22-32,34H,1-9H3;/q-2;+2. The molecule has 0 radical (unpaired) electrons. The Labute approximate surface area is 379 Å². The minimum absolute atomic E-state index is 0. The molecule has 9 aromatic rings. The molecule has 0 saturated heterocycles. The third-order valence-corrected chi connectivity index (χ3v) is 12.3. The maximum atomic E-state index is 7.02. The van der Waals surface area contributed by atoms with E-state index in [-0.39, 0.29) is 31.9 Å². The van der Waals surface area contributed by atoms with E-state index in [1.165, 1.54) is 11.1 Å². The van der Waals surface area contributed by atoms with Crippen molar-refractivity contribution in [3.63, 3.8) is 0 Å². The first kappa shape index (κ1) is 41.3. The summed E-state index contributed by atoms with van der Waals surface area (Å²) >= 11 is 0. The van der Waals surface area contributed by atoms with Crippen LogP contribution in [-0.4, -0.2) is 19.1 Å². The Hall–Kier alpha value is -6.03. The van der Waals surface area contributed by atoms with Crippen LogP contribution in [0.2, 0.25) is 0 Å². The maximum Gasteiger partial charge on any atom is 2.00 e. The van der Waals surface area contributed by atoms with Crippen molar-refractivity contribution in [2.24, 2.45) is 7.05 Å². The Morgan fingerprint density at radius 3 is 2.03 bits per heavy atom. The van der Waals surface area contributed by atoms with Gasteiger partial charge in [0.2, 0.25) is 0 Å². The van der Waals surface area contributed by atoms with Crippen LogP contribution in [0.4, 0.5) is 0 Å². The molecule has 3 heterocycles. The number of para-hydroxylation sites is 3. The number of hydrogen-bond acceptors (Lipinski definition) is 3. The largest absolute Gasteiger partial charge is 2.00 e. The van der Waals surface area contributed by atoms with Gasteiger partial charge in [0.1, 0.15) is 5.60 Å². The fourth-order valence-electron chi connectivity index (χ4n) is 8.95. The van der Waals surface area contributed by atoms with Crippen molar-refractivity contribution < 1.29 is 25.8 Å². The number of imidazole rings is 2. The van der Waals surface area contributed by atoms with Crippen molar-refractivity contribution >= 4 is 22.1 Å². The van der Waals surface area contributed by atoms with Gasteiger partial charge in [-0.05, 0) is 82.8 Å². The molecular formula is C56H50N4OPt. The molecule has 0 amide bonds. The summed E-state index contributed by atoms with van der Waals surface area (Å²) in [5, 5.41) is 0. The number of hydrogen-bond donors (Lipinski definition) is 0. The van der Waals surface area contributed by atoms with E-state index in [1.807, 2.05) is 12.1 Å². The number of benzene rings is 7. The quantitative estimate of drug-likeness (QED) is 0.161. The van der Waals surface area contributed by atoms with Crippen LogP contribution < -0.4 is 4.74 Å². The molecule has 0 bridgehead atoms. The Morgan fingerprint density at radius 2 is 1.27 bits per heavy atom. The molecule has 310 valence electrons. The molecule has 0 spiro atoms. The molecular weight excluding hydrogens is 940 g/mol. The molecule has 2 aromatic heterocycles. The van der Waals surface area contributed by atoms with Gasteiger partial charge in [0.25, 0.3) is 0 Å². The molecule has 1 aliphatic heterocycles. The summed E-state index contributed by atoms with van der Waals surface area (Å²) < 4.78 is 11.5. The minimum atomic E-state index is -0.566. The van der Waals surface area contributed by atoms with E-state index in [4.69, 9.17) is 14.7 Å². The molecule has 0 fully saturated rings. The summed E-state index contributed by atoms with van der Waals surface area (Å²) in [6.45, 7) is 17.9. The Balaban J connectivity index is 0.00000490.